The van der Waals surface area contributed by atoms with E-state index in [1.807, 2.05) is 36.4 Å². The van der Waals surface area contributed by atoms with Gasteiger partial charge in [0, 0.05) is 6.42 Å². The highest BCUT2D eigenvalue weighted by Gasteiger charge is 2.31. The van der Waals surface area contributed by atoms with Gasteiger partial charge in [0.15, 0.2) is 0 Å². The normalized spacial score (nSPS) is 12.3. The number of benzene rings is 2. The van der Waals surface area contributed by atoms with E-state index in [1.165, 1.54) is 0 Å². The zero-order chi connectivity index (χ0) is 19.6. The molecule has 0 aliphatic rings. The summed E-state index contributed by atoms with van der Waals surface area (Å²) in [4.78, 5) is 38.6. The Hall–Kier alpha value is -3.41. The third kappa shape index (κ3) is 5.81. The largest absolute Gasteiger partial charge is 0.399 e. The van der Waals surface area contributed by atoms with Gasteiger partial charge in [-0.2, -0.15) is 4.79 Å². The Kier molecular flexibility index (Phi) is 7.31. The van der Waals surface area contributed by atoms with Crippen molar-refractivity contribution in [1.82, 2.24) is 5.32 Å². The highest BCUT2D eigenvalue weighted by molar-refractivity contribution is 6.59. The number of nitrogens with two attached hydrogens (primary N) is 1. The molecule has 0 aromatic heterocycles. The third-order valence-electron chi connectivity index (χ3n) is 4.02. The standard InChI is InChI=1S/C20H20N4O3/c21-16(11-14-7-3-1-4-8-14)20(27)23-17(19(26)18(13-25)24-22)12-15-9-5-2-6-10-15/h1-10,13,16-17H,11-12,21H2,(H,23,27)/t16-,17+/m1/s1. The van der Waals surface area contributed by atoms with E-state index < -0.39 is 29.5 Å². The van der Waals surface area contributed by atoms with Crippen LogP contribution < -0.4 is 11.1 Å². The van der Waals surface area contributed by atoms with Gasteiger partial charge in [0.1, 0.15) is 6.04 Å². The zero-order valence-electron chi connectivity index (χ0n) is 14.6. The molecule has 3 N–H and O–H groups in total. The first kappa shape index (κ1) is 19.9. The Morgan fingerprint density at radius 2 is 1.52 bits per heavy atom. The lowest BCUT2D eigenvalue weighted by Crippen LogP contribution is -2.51. The number of amides is 1. The van der Waals surface area contributed by atoms with Gasteiger partial charge in [0.2, 0.25) is 12.2 Å². The second-order valence-corrected chi connectivity index (χ2v) is 6.01. The minimum atomic E-state index is -1.07. The molecule has 0 bridgehead atoms. The van der Waals surface area contributed by atoms with Crippen molar-refractivity contribution in [3.8, 4) is 0 Å². The molecule has 0 fully saturated rings. The van der Waals surface area contributed by atoms with Gasteiger partial charge >= 0.3 is 5.71 Å². The second-order valence-electron chi connectivity index (χ2n) is 6.01. The molecule has 0 heterocycles. The van der Waals surface area contributed by atoms with Crippen LogP contribution in [0.4, 0.5) is 0 Å². The molecular weight excluding hydrogens is 344 g/mol. The van der Waals surface area contributed by atoms with Crippen LogP contribution in [-0.4, -0.2) is 40.6 Å². The predicted molar refractivity (Wildman–Crippen MR) is 99.9 cm³/mol. The number of ketones is 1. The minimum absolute atomic E-state index is 0.135. The monoisotopic (exact) mass is 364 g/mol. The average molecular weight is 364 g/mol. The topological polar surface area (TPSA) is 126 Å². The Balaban J connectivity index is 2.14. The van der Waals surface area contributed by atoms with Gasteiger partial charge in [-0.1, -0.05) is 60.7 Å². The molecule has 2 atom stereocenters. The fourth-order valence-electron chi connectivity index (χ4n) is 2.61. The maximum absolute atomic E-state index is 12.5. The SMILES string of the molecule is [N-]=[N+]=C(C=O)C(=O)[C@H](Cc1ccccc1)NC(=O)[C@H](N)Cc1ccccc1. The number of carbonyl (C=O) groups is 3. The summed E-state index contributed by atoms with van der Waals surface area (Å²) < 4.78 is 0. The van der Waals surface area contributed by atoms with Gasteiger partial charge in [-0.15, -0.1) is 0 Å². The smallest absolute Gasteiger partial charge is 0.360 e. The van der Waals surface area contributed by atoms with Crippen molar-refractivity contribution in [3.63, 3.8) is 0 Å². The molecule has 1 amide bonds. The van der Waals surface area contributed by atoms with Gasteiger partial charge in [-0.3, -0.25) is 14.4 Å². The summed E-state index contributed by atoms with van der Waals surface area (Å²) in [6, 6.07) is 16.3. The Morgan fingerprint density at radius 1 is 1.00 bits per heavy atom. The first-order chi connectivity index (χ1) is 13.0. The third-order valence-corrected chi connectivity index (χ3v) is 4.02. The van der Waals surface area contributed by atoms with E-state index >= 15 is 0 Å². The maximum Gasteiger partial charge on any atom is 0.399 e. The average Bonchev–Trinajstić information content (AvgIpc) is 2.69. The van der Waals surface area contributed by atoms with Crippen LogP contribution in [0.1, 0.15) is 11.1 Å². The van der Waals surface area contributed by atoms with Crippen molar-refractivity contribution in [2.45, 2.75) is 24.9 Å². The van der Waals surface area contributed by atoms with Gasteiger partial charge in [0.25, 0.3) is 5.78 Å². The van der Waals surface area contributed by atoms with Crippen molar-refractivity contribution in [1.29, 1.82) is 0 Å². The summed E-state index contributed by atoms with van der Waals surface area (Å²) in [5.74, 6) is -1.31. The van der Waals surface area contributed by atoms with Gasteiger partial charge in [0.05, 0.1) is 6.04 Å². The highest BCUT2D eigenvalue weighted by atomic mass is 16.2. The number of rotatable bonds is 9. The lowest BCUT2D eigenvalue weighted by atomic mass is 9.99. The number of nitrogens with one attached hydrogen (secondary N) is 1. The molecule has 0 radical (unpaired) electrons. The first-order valence-electron chi connectivity index (χ1n) is 8.40. The lowest BCUT2D eigenvalue weighted by molar-refractivity contribution is -0.128. The Labute approximate surface area is 156 Å². The molecular formula is C20H20N4O3. The highest BCUT2D eigenvalue weighted by Crippen LogP contribution is 2.06. The van der Waals surface area contributed by atoms with Crippen molar-refractivity contribution in [2.75, 3.05) is 0 Å². The van der Waals surface area contributed by atoms with Crippen LogP contribution in [0.25, 0.3) is 5.53 Å². The molecule has 0 saturated carbocycles. The molecule has 138 valence electrons. The van der Waals surface area contributed by atoms with Crippen LogP contribution in [-0.2, 0) is 27.2 Å². The van der Waals surface area contributed by atoms with E-state index in [2.05, 4.69) is 10.1 Å². The molecule has 0 aliphatic heterocycles. The number of Topliss-reactive ketones (excluding diaryl/α,β-unsaturated/α-hetero) is 1. The van der Waals surface area contributed by atoms with E-state index in [0.29, 0.717) is 6.42 Å². The number of hydrogen-bond donors (Lipinski definition) is 2. The maximum atomic E-state index is 12.5. The van der Waals surface area contributed by atoms with Gasteiger partial charge in [-0.05, 0) is 17.5 Å². The fourth-order valence-corrected chi connectivity index (χ4v) is 2.61. The number of aldehydes is 1. The van der Waals surface area contributed by atoms with E-state index in [-0.39, 0.29) is 12.7 Å². The van der Waals surface area contributed by atoms with Crippen LogP contribution >= 0.6 is 0 Å². The summed E-state index contributed by atoms with van der Waals surface area (Å²) >= 11 is 0. The number of carbonyl (C=O) groups excluding carboxylic acids is 3. The van der Waals surface area contributed by atoms with Gasteiger partial charge in [-0.25, -0.2) is 0 Å². The van der Waals surface area contributed by atoms with Crippen molar-refractivity contribution in [2.24, 2.45) is 5.73 Å². The molecule has 27 heavy (non-hydrogen) atoms. The molecule has 2 aromatic carbocycles. The quantitative estimate of drug-likeness (QED) is 0.223. The predicted octanol–water partition coefficient (Wildman–Crippen LogP) is 0.723. The van der Waals surface area contributed by atoms with Crippen LogP contribution in [0.2, 0.25) is 0 Å². The van der Waals surface area contributed by atoms with E-state index in [0.717, 1.165) is 11.1 Å². The van der Waals surface area contributed by atoms with E-state index in [1.54, 1.807) is 24.3 Å². The second kappa shape index (κ2) is 9.91. The van der Waals surface area contributed by atoms with Gasteiger partial charge < -0.3 is 16.6 Å². The molecule has 7 nitrogen and oxygen atoms in total. The summed E-state index contributed by atoms with van der Waals surface area (Å²) in [6.07, 6.45) is 0.584. The lowest BCUT2D eigenvalue weighted by Gasteiger charge is -2.18. The minimum Gasteiger partial charge on any atom is -0.360 e. The number of hydrogen-bond acceptors (Lipinski definition) is 4. The Bertz CT molecular complexity index is 846. The van der Waals surface area contributed by atoms with Crippen LogP contribution in [0.3, 0.4) is 0 Å². The van der Waals surface area contributed by atoms with Crippen LogP contribution in [0.5, 0.6) is 0 Å². The van der Waals surface area contributed by atoms with Crippen molar-refractivity contribution in [3.05, 3.63) is 77.3 Å². The molecule has 2 rings (SSSR count). The van der Waals surface area contributed by atoms with Crippen LogP contribution in [0, 0.1) is 0 Å². The summed E-state index contributed by atoms with van der Waals surface area (Å²) in [6.45, 7) is 0. The van der Waals surface area contributed by atoms with E-state index in [4.69, 9.17) is 11.3 Å². The first-order valence-corrected chi connectivity index (χ1v) is 8.40. The molecule has 0 unspecified atom stereocenters. The summed E-state index contributed by atoms with van der Waals surface area (Å²) in [5.41, 5.74) is 15.8. The molecule has 0 spiro atoms. The fraction of sp³-hybridized carbons (Fsp3) is 0.200. The molecule has 2 aromatic rings. The molecule has 0 aliphatic carbocycles. The Morgan fingerprint density at radius 3 is 2.00 bits per heavy atom. The zero-order valence-corrected chi connectivity index (χ0v) is 14.6. The molecule has 7 heteroatoms. The van der Waals surface area contributed by atoms with Crippen molar-refractivity contribution < 1.29 is 19.2 Å². The molecule has 0 saturated heterocycles. The van der Waals surface area contributed by atoms with Crippen molar-refractivity contribution >= 4 is 23.7 Å². The van der Waals surface area contributed by atoms with E-state index in [9.17, 15) is 14.4 Å². The summed E-state index contributed by atoms with van der Waals surface area (Å²) in [7, 11) is 0. The number of nitrogens with zero attached hydrogens (tertiary/aromatic N) is 2. The summed E-state index contributed by atoms with van der Waals surface area (Å²) in [5, 5.41) is 2.57. The van der Waals surface area contributed by atoms with Crippen LogP contribution in [0.15, 0.2) is 60.7 Å².